The summed E-state index contributed by atoms with van der Waals surface area (Å²) in [5.41, 5.74) is 0. The molecule has 0 N–H and O–H groups in total. The maximum Gasteiger partial charge on any atom is 0.00754 e. The van der Waals surface area contributed by atoms with E-state index in [0.29, 0.717) is 0 Å². The van der Waals surface area contributed by atoms with Gasteiger partial charge in [-0.15, -0.1) is 0 Å². The Kier molecular flexibility index (Phi) is 2.86. The van der Waals surface area contributed by atoms with E-state index < -0.39 is 0 Å². The van der Waals surface area contributed by atoms with Crippen molar-refractivity contribution in [2.45, 2.75) is 19.9 Å². The molecule has 1 rings (SSSR count). The first-order chi connectivity index (χ1) is 4.30. The van der Waals surface area contributed by atoms with Gasteiger partial charge in [-0.05, 0) is 13.8 Å². The predicted octanol–water partition coefficient (Wildman–Crippen LogP) is 1.44. The molecular formula is C7H15NS. The molecule has 9 heavy (non-hydrogen) atoms. The van der Waals surface area contributed by atoms with Crippen LogP contribution >= 0.6 is 11.8 Å². The summed E-state index contributed by atoms with van der Waals surface area (Å²) in [5.74, 6) is 2.66. The van der Waals surface area contributed by atoms with Crippen LogP contribution in [0.4, 0.5) is 0 Å². The maximum atomic E-state index is 2.54. The summed E-state index contributed by atoms with van der Waals surface area (Å²) in [7, 11) is 0. The number of rotatable bonds is 1. The lowest BCUT2D eigenvalue weighted by molar-refractivity contribution is 0.245. The lowest BCUT2D eigenvalue weighted by Crippen LogP contribution is -2.37. The molecule has 1 fully saturated rings. The molecule has 1 heterocycles. The zero-order valence-corrected chi connectivity index (χ0v) is 7.08. The fourth-order valence-electron chi connectivity index (χ4n) is 1.09. The van der Waals surface area contributed by atoms with Gasteiger partial charge in [-0.25, -0.2) is 0 Å². The molecule has 0 aromatic rings. The summed E-state index contributed by atoms with van der Waals surface area (Å²) in [5, 5.41) is 0. The Bertz CT molecular complexity index is 77.0. The van der Waals surface area contributed by atoms with Crippen molar-refractivity contribution in [2.75, 3.05) is 24.6 Å². The largest absolute Gasteiger partial charge is 0.299 e. The van der Waals surface area contributed by atoms with E-state index in [4.69, 9.17) is 0 Å². The van der Waals surface area contributed by atoms with Crippen LogP contribution in [0.5, 0.6) is 0 Å². The highest BCUT2D eigenvalue weighted by atomic mass is 32.2. The second-order valence-electron chi connectivity index (χ2n) is 2.74. The molecular weight excluding hydrogens is 130 g/mol. The fraction of sp³-hybridized carbons (Fsp3) is 1.00. The zero-order valence-electron chi connectivity index (χ0n) is 6.26. The fourth-order valence-corrected chi connectivity index (χ4v) is 2.03. The number of hydrogen-bond acceptors (Lipinski definition) is 2. The van der Waals surface area contributed by atoms with Crippen LogP contribution in [0.3, 0.4) is 0 Å². The van der Waals surface area contributed by atoms with Crippen molar-refractivity contribution in [1.82, 2.24) is 4.90 Å². The Balaban J connectivity index is 2.23. The summed E-state index contributed by atoms with van der Waals surface area (Å²) in [6.07, 6.45) is 0. The van der Waals surface area contributed by atoms with Gasteiger partial charge in [0.25, 0.3) is 0 Å². The highest BCUT2D eigenvalue weighted by Crippen LogP contribution is 2.10. The molecule has 0 unspecified atom stereocenters. The van der Waals surface area contributed by atoms with Crippen LogP contribution in [0.2, 0.25) is 0 Å². The number of nitrogens with zero attached hydrogens (tertiary/aromatic N) is 1. The highest BCUT2D eigenvalue weighted by molar-refractivity contribution is 7.99. The van der Waals surface area contributed by atoms with E-state index in [1.165, 1.54) is 24.6 Å². The number of hydrogen-bond donors (Lipinski definition) is 0. The Hall–Kier alpha value is 0.310. The van der Waals surface area contributed by atoms with Gasteiger partial charge >= 0.3 is 0 Å². The quantitative estimate of drug-likeness (QED) is 0.549. The van der Waals surface area contributed by atoms with Gasteiger partial charge < -0.3 is 0 Å². The van der Waals surface area contributed by atoms with E-state index in [1.807, 2.05) is 0 Å². The molecule has 1 aliphatic heterocycles. The van der Waals surface area contributed by atoms with E-state index in [0.717, 1.165) is 6.04 Å². The highest BCUT2D eigenvalue weighted by Gasteiger charge is 2.11. The van der Waals surface area contributed by atoms with Gasteiger partial charge in [-0.2, -0.15) is 11.8 Å². The molecule has 0 amide bonds. The summed E-state index contributed by atoms with van der Waals surface area (Å²) in [4.78, 5) is 2.54. The Morgan fingerprint density at radius 2 is 1.78 bits per heavy atom. The third kappa shape index (κ3) is 2.18. The molecule has 1 nitrogen and oxygen atoms in total. The van der Waals surface area contributed by atoms with Crippen LogP contribution in [0.1, 0.15) is 13.8 Å². The number of thioether (sulfide) groups is 1. The van der Waals surface area contributed by atoms with Crippen molar-refractivity contribution >= 4 is 11.8 Å². The SMILES string of the molecule is CC(C)N1CCSCC1. The molecule has 0 spiro atoms. The lowest BCUT2D eigenvalue weighted by atomic mass is 10.3. The molecule has 0 saturated carbocycles. The molecule has 0 aliphatic carbocycles. The lowest BCUT2D eigenvalue weighted by Gasteiger charge is -2.29. The van der Waals surface area contributed by atoms with Crippen molar-refractivity contribution < 1.29 is 0 Å². The van der Waals surface area contributed by atoms with Crippen molar-refractivity contribution in [3.8, 4) is 0 Å². The van der Waals surface area contributed by atoms with E-state index in [1.54, 1.807) is 0 Å². The summed E-state index contributed by atoms with van der Waals surface area (Å²) >= 11 is 2.07. The minimum Gasteiger partial charge on any atom is -0.299 e. The molecule has 0 atom stereocenters. The van der Waals surface area contributed by atoms with E-state index in [9.17, 15) is 0 Å². The van der Waals surface area contributed by atoms with Gasteiger partial charge in [-0.1, -0.05) is 0 Å². The van der Waals surface area contributed by atoms with E-state index in [-0.39, 0.29) is 0 Å². The van der Waals surface area contributed by atoms with Crippen molar-refractivity contribution in [3.05, 3.63) is 0 Å². The van der Waals surface area contributed by atoms with Crippen LogP contribution < -0.4 is 0 Å². The third-order valence-electron chi connectivity index (χ3n) is 1.78. The molecule has 54 valence electrons. The molecule has 0 bridgehead atoms. The summed E-state index contributed by atoms with van der Waals surface area (Å²) in [6, 6.07) is 0.755. The van der Waals surface area contributed by atoms with E-state index >= 15 is 0 Å². The first-order valence-corrected chi connectivity index (χ1v) is 4.78. The summed E-state index contributed by atoms with van der Waals surface area (Å²) in [6.45, 7) is 7.14. The minimum absolute atomic E-state index is 0.755. The Morgan fingerprint density at radius 3 is 2.11 bits per heavy atom. The third-order valence-corrected chi connectivity index (χ3v) is 2.72. The standard InChI is InChI=1S/C7H15NS/c1-7(2)8-3-5-9-6-4-8/h7H,3-6H2,1-2H3. The van der Waals surface area contributed by atoms with Gasteiger partial charge in [0.1, 0.15) is 0 Å². The Labute approximate surface area is 61.8 Å². The van der Waals surface area contributed by atoms with Gasteiger partial charge in [0.15, 0.2) is 0 Å². The molecule has 0 aromatic heterocycles. The maximum absolute atomic E-state index is 2.54. The molecule has 0 aromatic carbocycles. The van der Waals surface area contributed by atoms with Crippen LogP contribution in [0.25, 0.3) is 0 Å². The predicted molar refractivity (Wildman–Crippen MR) is 44.0 cm³/mol. The minimum atomic E-state index is 0.755. The Morgan fingerprint density at radius 1 is 1.22 bits per heavy atom. The second-order valence-corrected chi connectivity index (χ2v) is 3.97. The summed E-state index contributed by atoms with van der Waals surface area (Å²) < 4.78 is 0. The van der Waals surface area contributed by atoms with Crippen molar-refractivity contribution in [1.29, 1.82) is 0 Å². The van der Waals surface area contributed by atoms with Crippen LogP contribution in [0, 0.1) is 0 Å². The molecule has 1 aliphatic rings. The van der Waals surface area contributed by atoms with Gasteiger partial charge in [-0.3, -0.25) is 4.90 Å². The molecule has 2 heteroatoms. The van der Waals surface area contributed by atoms with Crippen molar-refractivity contribution in [2.24, 2.45) is 0 Å². The van der Waals surface area contributed by atoms with Crippen LogP contribution in [-0.2, 0) is 0 Å². The average molecular weight is 145 g/mol. The van der Waals surface area contributed by atoms with E-state index in [2.05, 4.69) is 30.5 Å². The first kappa shape index (κ1) is 7.42. The zero-order chi connectivity index (χ0) is 6.69. The van der Waals surface area contributed by atoms with Gasteiger partial charge in [0, 0.05) is 30.6 Å². The topological polar surface area (TPSA) is 3.24 Å². The average Bonchev–Trinajstić information content (AvgIpc) is 1.90. The van der Waals surface area contributed by atoms with Crippen LogP contribution in [0.15, 0.2) is 0 Å². The van der Waals surface area contributed by atoms with Crippen LogP contribution in [-0.4, -0.2) is 35.5 Å². The first-order valence-electron chi connectivity index (χ1n) is 3.62. The molecule has 1 saturated heterocycles. The van der Waals surface area contributed by atoms with Gasteiger partial charge in [0.2, 0.25) is 0 Å². The monoisotopic (exact) mass is 145 g/mol. The van der Waals surface area contributed by atoms with Gasteiger partial charge in [0.05, 0.1) is 0 Å². The second kappa shape index (κ2) is 3.47. The smallest absolute Gasteiger partial charge is 0.00754 e. The van der Waals surface area contributed by atoms with Crippen molar-refractivity contribution in [3.63, 3.8) is 0 Å². The normalized spacial score (nSPS) is 23.0. The molecule has 0 radical (unpaired) electrons.